The van der Waals surface area contributed by atoms with Crippen LogP contribution in [0.3, 0.4) is 0 Å². The second-order valence-electron chi connectivity index (χ2n) is 3.73. The molecule has 0 heterocycles. The fourth-order valence-corrected chi connectivity index (χ4v) is 1.79. The van der Waals surface area contributed by atoms with Gasteiger partial charge >= 0.3 is 0 Å². The summed E-state index contributed by atoms with van der Waals surface area (Å²) in [6.45, 7) is 1.73. The predicted molar refractivity (Wildman–Crippen MR) is 61.2 cm³/mol. The number of halogens is 2. The maximum absolute atomic E-state index is 13.5. The molecule has 0 aromatic heterocycles. The van der Waals surface area contributed by atoms with E-state index in [0.717, 1.165) is 0 Å². The van der Waals surface area contributed by atoms with Crippen molar-refractivity contribution >= 4 is 0 Å². The van der Waals surface area contributed by atoms with Gasteiger partial charge in [0.2, 0.25) is 0 Å². The van der Waals surface area contributed by atoms with Crippen LogP contribution >= 0.6 is 0 Å². The zero-order valence-electron chi connectivity index (χ0n) is 9.17. The van der Waals surface area contributed by atoms with Gasteiger partial charge in [0.05, 0.1) is 5.56 Å². The van der Waals surface area contributed by atoms with E-state index in [1.807, 2.05) is 6.07 Å². The van der Waals surface area contributed by atoms with E-state index in [-0.39, 0.29) is 11.4 Å². The van der Waals surface area contributed by atoms with Crippen LogP contribution in [-0.4, -0.2) is 0 Å². The number of nitrogens with zero attached hydrogens (tertiary/aromatic N) is 1. The lowest BCUT2D eigenvalue weighted by atomic mass is 9.96. The molecule has 0 N–H and O–H groups in total. The summed E-state index contributed by atoms with van der Waals surface area (Å²) < 4.78 is 26.4. The highest BCUT2D eigenvalue weighted by atomic mass is 19.1. The minimum atomic E-state index is -0.561. The van der Waals surface area contributed by atoms with Gasteiger partial charge in [-0.2, -0.15) is 5.26 Å². The molecule has 0 saturated carbocycles. The van der Waals surface area contributed by atoms with Crippen molar-refractivity contribution in [2.45, 2.75) is 6.92 Å². The van der Waals surface area contributed by atoms with Gasteiger partial charge in [0.25, 0.3) is 0 Å². The lowest BCUT2D eigenvalue weighted by Crippen LogP contribution is -1.92. The molecule has 2 aromatic rings. The molecule has 0 aliphatic heterocycles. The van der Waals surface area contributed by atoms with E-state index >= 15 is 0 Å². The minimum absolute atomic E-state index is 0.0118. The van der Waals surface area contributed by atoms with Crippen LogP contribution in [0, 0.1) is 29.9 Å². The summed E-state index contributed by atoms with van der Waals surface area (Å²) in [6.07, 6.45) is 0. The molecule has 0 saturated heterocycles. The molecule has 0 atom stereocenters. The Hall–Kier alpha value is -2.21. The Labute approximate surface area is 97.9 Å². The van der Waals surface area contributed by atoms with Crippen LogP contribution < -0.4 is 0 Å². The molecule has 1 nitrogen and oxygen atoms in total. The highest BCUT2D eigenvalue weighted by Gasteiger charge is 2.11. The van der Waals surface area contributed by atoms with E-state index in [1.54, 1.807) is 19.1 Å². The summed E-state index contributed by atoms with van der Waals surface area (Å²) in [5.41, 5.74) is 1.82. The third-order valence-corrected chi connectivity index (χ3v) is 2.60. The summed E-state index contributed by atoms with van der Waals surface area (Å²) >= 11 is 0. The van der Waals surface area contributed by atoms with Crippen molar-refractivity contribution in [3.63, 3.8) is 0 Å². The third kappa shape index (κ3) is 2.02. The van der Waals surface area contributed by atoms with Crippen LogP contribution in [0.4, 0.5) is 8.78 Å². The zero-order chi connectivity index (χ0) is 12.4. The smallest absolute Gasteiger partial charge is 0.141 e. The molecule has 3 heteroatoms. The van der Waals surface area contributed by atoms with Crippen molar-refractivity contribution in [2.24, 2.45) is 0 Å². The van der Waals surface area contributed by atoms with Crippen molar-refractivity contribution in [3.05, 3.63) is 59.2 Å². The summed E-state index contributed by atoms with van der Waals surface area (Å²) in [5.74, 6) is -0.908. The molecular formula is C14H9F2N. The lowest BCUT2D eigenvalue weighted by Gasteiger charge is -2.08. The number of benzene rings is 2. The monoisotopic (exact) mass is 229 g/mol. The van der Waals surface area contributed by atoms with Crippen molar-refractivity contribution in [1.29, 1.82) is 5.26 Å². The average molecular weight is 229 g/mol. The molecule has 0 unspecified atom stereocenters. The van der Waals surface area contributed by atoms with Gasteiger partial charge in [0.1, 0.15) is 17.7 Å². The van der Waals surface area contributed by atoms with Crippen LogP contribution in [-0.2, 0) is 0 Å². The second kappa shape index (κ2) is 4.34. The van der Waals surface area contributed by atoms with E-state index in [1.165, 1.54) is 24.3 Å². The summed E-state index contributed by atoms with van der Waals surface area (Å²) in [4.78, 5) is 0. The Kier molecular flexibility index (Phi) is 2.88. The lowest BCUT2D eigenvalue weighted by molar-refractivity contribution is 0.624. The molecule has 2 rings (SSSR count). The zero-order valence-corrected chi connectivity index (χ0v) is 9.17. The first-order valence-corrected chi connectivity index (χ1v) is 5.08. The van der Waals surface area contributed by atoms with Crippen molar-refractivity contribution in [3.8, 4) is 17.2 Å². The minimum Gasteiger partial charge on any atom is -0.207 e. The number of nitriles is 1. The Balaban J connectivity index is 2.69. The Morgan fingerprint density at radius 1 is 1.06 bits per heavy atom. The quantitative estimate of drug-likeness (QED) is 0.729. The van der Waals surface area contributed by atoms with Crippen LogP contribution in [0.25, 0.3) is 11.1 Å². The normalized spacial score (nSPS) is 10.0. The fourth-order valence-electron chi connectivity index (χ4n) is 1.79. The van der Waals surface area contributed by atoms with E-state index in [2.05, 4.69) is 0 Å². The van der Waals surface area contributed by atoms with Crippen LogP contribution in [0.1, 0.15) is 11.1 Å². The van der Waals surface area contributed by atoms with Gasteiger partial charge in [-0.3, -0.25) is 0 Å². The van der Waals surface area contributed by atoms with E-state index < -0.39 is 5.82 Å². The second-order valence-corrected chi connectivity index (χ2v) is 3.73. The fraction of sp³-hybridized carbons (Fsp3) is 0.0714. The number of hydrogen-bond donors (Lipinski definition) is 0. The maximum atomic E-state index is 13.5. The van der Waals surface area contributed by atoms with E-state index in [4.69, 9.17) is 5.26 Å². The molecule has 0 bridgehead atoms. The van der Waals surface area contributed by atoms with E-state index in [9.17, 15) is 8.78 Å². The predicted octanol–water partition coefficient (Wildman–Crippen LogP) is 3.81. The molecular weight excluding hydrogens is 220 g/mol. The van der Waals surface area contributed by atoms with Crippen molar-refractivity contribution < 1.29 is 8.78 Å². The molecule has 0 amide bonds. The molecule has 17 heavy (non-hydrogen) atoms. The first-order valence-electron chi connectivity index (χ1n) is 5.08. The summed E-state index contributed by atoms with van der Waals surface area (Å²) in [5, 5.41) is 8.94. The standard InChI is InChI=1S/C14H9F2N/c1-9-7-10(15)5-6-11(9)12-3-2-4-14(16)13(12)8-17/h2-7H,1H3. The van der Waals surface area contributed by atoms with E-state index in [0.29, 0.717) is 16.7 Å². The van der Waals surface area contributed by atoms with Crippen LogP contribution in [0.5, 0.6) is 0 Å². The van der Waals surface area contributed by atoms with Gasteiger partial charge in [-0.1, -0.05) is 18.2 Å². The first-order chi connectivity index (χ1) is 8.13. The van der Waals surface area contributed by atoms with Gasteiger partial charge in [-0.05, 0) is 36.2 Å². The number of rotatable bonds is 1. The molecule has 0 radical (unpaired) electrons. The molecule has 2 aromatic carbocycles. The topological polar surface area (TPSA) is 23.8 Å². The average Bonchev–Trinajstić information content (AvgIpc) is 2.29. The Bertz CT molecular complexity index is 612. The van der Waals surface area contributed by atoms with Crippen molar-refractivity contribution in [1.82, 2.24) is 0 Å². The Morgan fingerprint density at radius 3 is 2.47 bits per heavy atom. The van der Waals surface area contributed by atoms with Gasteiger partial charge in [0, 0.05) is 5.56 Å². The Morgan fingerprint density at radius 2 is 1.82 bits per heavy atom. The van der Waals surface area contributed by atoms with Crippen molar-refractivity contribution in [2.75, 3.05) is 0 Å². The van der Waals surface area contributed by atoms with Gasteiger partial charge in [0.15, 0.2) is 0 Å². The molecule has 84 valence electrons. The molecule has 0 spiro atoms. The maximum Gasteiger partial charge on any atom is 0.141 e. The van der Waals surface area contributed by atoms with Gasteiger partial charge < -0.3 is 0 Å². The van der Waals surface area contributed by atoms with Gasteiger partial charge in [-0.25, -0.2) is 8.78 Å². The van der Waals surface area contributed by atoms with Gasteiger partial charge in [-0.15, -0.1) is 0 Å². The largest absolute Gasteiger partial charge is 0.207 e. The molecule has 0 aliphatic carbocycles. The molecule has 0 fully saturated rings. The van der Waals surface area contributed by atoms with Crippen LogP contribution in [0.15, 0.2) is 36.4 Å². The molecule has 0 aliphatic rings. The summed E-state index contributed by atoms with van der Waals surface area (Å²) in [6, 6.07) is 10.5. The highest BCUT2D eigenvalue weighted by molar-refractivity contribution is 5.73. The number of hydrogen-bond acceptors (Lipinski definition) is 1. The third-order valence-electron chi connectivity index (χ3n) is 2.60. The highest BCUT2D eigenvalue weighted by Crippen LogP contribution is 2.28. The van der Waals surface area contributed by atoms with Crippen LogP contribution in [0.2, 0.25) is 0 Å². The summed E-state index contributed by atoms with van der Waals surface area (Å²) in [7, 11) is 0. The SMILES string of the molecule is Cc1cc(F)ccc1-c1cccc(F)c1C#N. The number of aryl methyl sites for hydroxylation is 1. The first kappa shape index (κ1) is 11.3.